The first-order valence-electron chi connectivity index (χ1n) is 9.88. The first kappa shape index (κ1) is 26.4. The van der Waals surface area contributed by atoms with Crippen molar-refractivity contribution >= 4 is 29.8 Å². The number of amides is 3. The highest BCUT2D eigenvalue weighted by Crippen LogP contribution is 2.10. The fourth-order valence-corrected chi connectivity index (χ4v) is 2.48. The zero-order chi connectivity index (χ0) is 24.3. The Labute approximate surface area is 185 Å². The minimum Gasteiger partial charge on any atom is -0.480 e. The molecule has 0 aliphatic carbocycles. The van der Waals surface area contributed by atoms with E-state index in [2.05, 4.69) is 10.6 Å². The van der Waals surface area contributed by atoms with Gasteiger partial charge in [-0.1, -0.05) is 30.3 Å². The fraction of sp³-hybridized carbons (Fsp3) is 0.476. The number of aliphatic carboxylic acids is 1. The number of carbonyl (C=O) groups is 5. The van der Waals surface area contributed by atoms with Crippen LogP contribution in [-0.2, 0) is 35.3 Å². The Morgan fingerprint density at radius 2 is 1.66 bits per heavy atom. The van der Waals surface area contributed by atoms with Crippen LogP contribution in [0.2, 0.25) is 0 Å². The first-order chi connectivity index (χ1) is 14.9. The summed E-state index contributed by atoms with van der Waals surface area (Å²) in [5.41, 5.74) is 4.89. The average Bonchev–Trinajstić information content (AvgIpc) is 2.67. The number of nitrogens with one attached hydrogen (secondary N) is 2. The summed E-state index contributed by atoms with van der Waals surface area (Å²) in [5.74, 6) is -3.88. The standard InChI is InChI=1S/C21H29N3O8/c1-21(2,3)32-17(26)11-15(18(27)23-14(19(28)29)9-10-16(22)25)24-20(30)31-12-13-7-5-4-6-8-13/h4-8,14-15H,9-12H2,1-3H3,(H2,22,25)(H,23,27)(H,24,30)(H,28,29)/t14-,15-/m1/s1. The van der Waals surface area contributed by atoms with Crippen LogP contribution in [0.4, 0.5) is 4.79 Å². The summed E-state index contributed by atoms with van der Waals surface area (Å²) in [4.78, 5) is 59.4. The van der Waals surface area contributed by atoms with Crippen molar-refractivity contribution in [3.8, 4) is 0 Å². The number of hydrogen-bond donors (Lipinski definition) is 4. The van der Waals surface area contributed by atoms with Crippen molar-refractivity contribution in [2.75, 3.05) is 0 Å². The van der Waals surface area contributed by atoms with Crippen LogP contribution in [0.25, 0.3) is 0 Å². The van der Waals surface area contributed by atoms with Gasteiger partial charge in [-0.05, 0) is 32.8 Å². The lowest BCUT2D eigenvalue weighted by atomic mass is 10.1. The summed E-state index contributed by atoms with van der Waals surface area (Å²) >= 11 is 0. The monoisotopic (exact) mass is 451 g/mol. The van der Waals surface area contributed by atoms with E-state index >= 15 is 0 Å². The number of rotatable bonds is 11. The van der Waals surface area contributed by atoms with Crippen molar-refractivity contribution in [2.24, 2.45) is 5.73 Å². The molecule has 11 heteroatoms. The van der Waals surface area contributed by atoms with E-state index in [0.29, 0.717) is 5.56 Å². The molecule has 1 aromatic carbocycles. The molecule has 2 atom stereocenters. The maximum Gasteiger partial charge on any atom is 0.408 e. The number of carboxylic acids is 1. The van der Waals surface area contributed by atoms with Gasteiger partial charge in [-0.15, -0.1) is 0 Å². The van der Waals surface area contributed by atoms with Gasteiger partial charge in [0.25, 0.3) is 0 Å². The molecule has 3 amide bonds. The Balaban J connectivity index is 2.86. The Hall–Kier alpha value is -3.63. The van der Waals surface area contributed by atoms with E-state index < -0.39 is 54.0 Å². The second kappa shape index (κ2) is 12.3. The molecule has 1 aromatic rings. The molecule has 0 spiro atoms. The first-order valence-corrected chi connectivity index (χ1v) is 9.88. The van der Waals surface area contributed by atoms with Crippen LogP contribution in [0.3, 0.4) is 0 Å². The number of ether oxygens (including phenoxy) is 2. The van der Waals surface area contributed by atoms with Crippen molar-refractivity contribution in [1.29, 1.82) is 0 Å². The maximum atomic E-state index is 12.6. The summed E-state index contributed by atoms with van der Waals surface area (Å²) < 4.78 is 10.2. The summed E-state index contributed by atoms with van der Waals surface area (Å²) in [5, 5.41) is 13.7. The summed E-state index contributed by atoms with van der Waals surface area (Å²) in [6.45, 7) is 4.81. The lowest BCUT2D eigenvalue weighted by molar-refractivity contribution is -0.156. The van der Waals surface area contributed by atoms with E-state index in [1.165, 1.54) is 0 Å². The quantitative estimate of drug-likeness (QED) is 0.358. The van der Waals surface area contributed by atoms with E-state index in [9.17, 15) is 29.1 Å². The second-order valence-corrected chi connectivity index (χ2v) is 7.95. The largest absolute Gasteiger partial charge is 0.480 e. The van der Waals surface area contributed by atoms with Crippen molar-refractivity contribution in [2.45, 2.75) is 64.3 Å². The number of carbonyl (C=O) groups excluding carboxylic acids is 4. The number of esters is 1. The van der Waals surface area contributed by atoms with Crippen molar-refractivity contribution in [1.82, 2.24) is 10.6 Å². The SMILES string of the molecule is CC(C)(C)OC(=O)C[C@@H](NC(=O)OCc1ccccc1)C(=O)N[C@H](CCC(N)=O)C(=O)O. The number of benzene rings is 1. The van der Waals surface area contributed by atoms with E-state index in [0.717, 1.165) is 0 Å². The average molecular weight is 451 g/mol. The van der Waals surface area contributed by atoms with Crippen LogP contribution in [-0.4, -0.2) is 52.6 Å². The van der Waals surface area contributed by atoms with E-state index in [1.807, 2.05) is 0 Å². The third-order valence-electron chi connectivity index (χ3n) is 3.91. The molecular weight excluding hydrogens is 422 g/mol. The second-order valence-electron chi connectivity index (χ2n) is 7.95. The van der Waals surface area contributed by atoms with Gasteiger partial charge >= 0.3 is 18.0 Å². The number of alkyl carbamates (subject to hydrolysis) is 1. The molecule has 32 heavy (non-hydrogen) atoms. The van der Waals surface area contributed by atoms with E-state index in [4.69, 9.17) is 15.2 Å². The zero-order valence-corrected chi connectivity index (χ0v) is 18.3. The summed E-state index contributed by atoms with van der Waals surface area (Å²) in [7, 11) is 0. The lowest BCUT2D eigenvalue weighted by Crippen LogP contribution is -2.52. The smallest absolute Gasteiger partial charge is 0.408 e. The zero-order valence-electron chi connectivity index (χ0n) is 18.3. The van der Waals surface area contributed by atoms with Gasteiger partial charge in [0.05, 0.1) is 6.42 Å². The number of primary amides is 1. The van der Waals surface area contributed by atoms with Crippen LogP contribution in [0, 0.1) is 0 Å². The lowest BCUT2D eigenvalue weighted by Gasteiger charge is -2.23. The van der Waals surface area contributed by atoms with Gasteiger partial charge in [0.1, 0.15) is 24.3 Å². The van der Waals surface area contributed by atoms with Gasteiger partial charge < -0.3 is 30.9 Å². The molecule has 0 unspecified atom stereocenters. The van der Waals surface area contributed by atoms with Gasteiger partial charge in [0, 0.05) is 6.42 Å². The van der Waals surface area contributed by atoms with Crippen molar-refractivity contribution in [3.63, 3.8) is 0 Å². The molecule has 1 rings (SSSR count). The summed E-state index contributed by atoms with van der Waals surface area (Å²) in [6.07, 6.45) is -2.08. The van der Waals surface area contributed by atoms with Crippen LogP contribution < -0.4 is 16.4 Å². The molecule has 0 aromatic heterocycles. The van der Waals surface area contributed by atoms with Crippen molar-refractivity contribution < 1.29 is 38.6 Å². The van der Waals surface area contributed by atoms with Gasteiger partial charge in [0.2, 0.25) is 11.8 Å². The van der Waals surface area contributed by atoms with Crippen LogP contribution in [0.15, 0.2) is 30.3 Å². The third kappa shape index (κ3) is 11.0. The fourth-order valence-electron chi connectivity index (χ4n) is 2.48. The predicted octanol–water partition coefficient (Wildman–Crippen LogP) is 0.848. The Morgan fingerprint density at radius 3 is 2.19 bits per heavy atom. The Morgan fingerprint density at radius 1 is 1.03 bits per heavy atom. The molecule has 0 fully saturated rings. The predicted molar refractivity (Wildman–Crippen MR) is 112 cm³/mol. The van der Waals surface area contributed by atoms with Gasteiger partial charge in [0.15, 0.2) is 0 Å². The highest BCUT2D eigenvalue weighted by molar-refractivity contribution is 5.92. The molecule has 0 aliphatic heterocycles. The maximum absolute atomic E-state index is 12.6. The van der Waals surface area contributed by atoms with Crippen LogP contribution in [0.5, 0.6) is 0 Å². The van der Waals surface area contributed by atoms with E-state index in [-0.39, 0.29) is 19.4 Å². The summed E-state index contributed by atoms with van der Waals surface area (Å²) in [6, 6.07) is 5.85. The third-order valence-corrected chi connectivity index (χ3v) is 3.91. The molecular formula is C21H29N3O8. The van der Waals surface area contributed by atoms with Gasteiger partial charge in [-0.3, -0.25) is 14.4 Å². The number of carboxylic acid groups (broad SMARTS) is 1. The molecule has 5 N–H and O–H groups in total. The van der Waals surface area contributed by atoms with Crippen LogP contribution in [0.1, 0.15) is 45.6 Å². The molecule has 0 bridgehead atoms. The highest BCUT2D eigenvalue weighted by atomic mass is 16.6. The molecule has 0 aliphatic rings. The molecule has 176 valence electrons. The molecule has 11 nitrogen and oxygen atoms in total. The molecule has 0 radical (unpaired) electrons. The Bertz CT molecular complexity index is 820. The molecule has 0 saturated heterocycles. The topological polar surface area (TPSA) is 174 Å². The highest BCUT2D eigenvalue weighted by Gasteiger charge is 2.30. The number of hydrogen-bond acceptors (Lipinski definition) is 7. The minimum absolute atomic E-state index is 0.0796. The Kier molecular flexibility index (Phi) is 10.1. The van der Waals surface area contributed by atoms with Gasteiger partial charge in [-0.25, -0.2) is 9.59 Å². The van der Waals surface area contributed by atoms with E-state index in [1.54, 1.807) is 51.1 Å². The van der Waals surface area contributed by atoms with Crippen LogP contribution >= 0.6 is 0 Å². The minimum atomic E-state index is -1.47. The number of nitrogens with two attached hydrogens (primary N) is 1. The molecule has 0 heterocycles. The van der Waals surface area contributed by atoms with Gasteiger partial charge in [-0.2, -0.15) is 0 Å². The normalized spacial score (nSPS) is 12.7. The van der Waals surface area contributed by atoms with Crippen molar-refractivity contribution in [3.05, 3.63) is 35.9 Å². The molecule has 0 saturated carbocycles.